The van der Waals surface area contributed by atoms with Crippen LogP contribution in [0.5, 0.6) is 0 Å². The number of thioether (sulfide) groups is 1. The molecule has 0 aliphatic heterocycles. The molecule has 0 saturated carbocycles. The number of benzene rings is 1. The highest BCUT2D eigenvalue weighted by molar-refractivity contribution is 7.99. The lowest BCUT2D eigenvalue weighted by molar-refractivity contribution is -0.114. The Morgan fingerprint density at radius 3 is 2.48 bits per heavy atom. The molecule has 3 rings (SSSR count). The van der Waals surface area contributed by atoms with Gasteiger partial charge in [0.15, 0.2) is 5.16 Å². The Balaban J connectivity index is 1.68. The van der Waals surface area contributed by atoms with Crippen molar-refractivity contribution in [3.05, 3.63) is 46.1 Å². The molecule has 2 N–H and O–H groups in total. The molecule has 7 nitrogen and oxygen atoms in total. The van der Waals surface area contributed by atoms with E-state index in [1.807, 2.05) is 11.4 Å². The number of amides is 2. The molecule has 2 amide bonds. The van der Waals surface area contributed by atoms with Gasteiger partial charge in [0.1, 0.15) is 4.70 Å². The highest BCUT2D eigenvalue weighted by atomic mass is 32.2. The predicted octanol–water partition coefficient (Wildman–Crippen LogP) is 3.95. The first-order valence-corrected chi connectivity index (χ1v) is 11.1. The summed E-state index contributed by atoms with van der Waals surface area (Å²) < 4.78 is 2.32. The number of fused-ring (bicyclic) bond motifs is 1. The van der Waals surface area contributed by atoms with Gasteiger partial charge in [-0.2, -0.15) is 0 Å². The van der Waals surface area contributed by atoms with Gasteiger partial charge in [-0.05, 0) is 42.1 Å². The van der Waals surface area contributed by atoms with E-state index in [0.717, 1.165) is 12.8 Å². The zero-order valence-electron chi connectivity index (χ0n) is 16.2. The van der Waals surface area contributed by atoms with Crippen molar-refractivity contribution < 1.29 is 9.59 Å². The number of aromatic nitrogens is 2. The molecular weight excluding hydrogens is 408 g/mol. The van der Waals surface area contributed by atoms with E-state index in [-0.39, 0.29) is 23.1 Å². The van der Waals surface area contributed by atoms with Gasteiger partial charge in [-0.3, -0.25) is 19.0 Å². The van der Waals surface area contributed by atoms with Crippen LogP contribution in [0.25, 0.3) is 10.2 Å². The standard InChI is InChI=1S/C20H22N4O3S2/c1-3-4-10-24-19(27)18-16(9-11-28-18)23-20(24)29-12-17(26)22-15-7-5-14(6-8-15)21-13(2)25/h5-9,11H,3-4,10,12H2,1-2H3,(H,21,25)(H,22,26). The second kappa shape index (κ2) is 9.71. The summed E-state index contributed by atoms with van der Waals surface area (Å²) in [4.78, 5) is 40.8. The van der Waals surface area contributed by atoms with Crippen LogP contribution < -0.4 is 16.2 Å². The summed E-state index contributed by atoms with van der Waals surface area (Å²) in [6, 6.07) is 8.71. The zero-order valence-corrected chi connectivity index (χ0v) is 17.9. The highest BCUT2D eigenvalue weighted by Crippen LogP contribution is 2.22. The highest BCUT2D eigenvalue weighted by Gasteiger charge is 2.14. The van der Waals surface area contributed by atoms with Crippen LogP contribution in [-0.2, 0) is 16.1 Å². The number of anilines is 2. The van der Waals surface area contributed by atoms with E-state index < -0.39 is 0 Å². The van der Waals surface area contributed by atoms with Crippen LogP contribution >= 0.6 is 23.1 Å². The number of rotatable bonds is 8. The van der Waals surface area contributed by atoms with Crippen LogP contribution in [0, 0.1) is 0 Å². The number of hydrogen-bond donors (Lipinski definition) is 2. The van der Waals surface area contributed by atoms with Gasteiger partial charge in [0.25, 0.3) is 5.56 Å². The zero-order chi connectivity index (χ0) is 20.8. The molecule has 0 saturated heterocycles. The van der Waals surface area contributed by atoms with Crippen molar-refractivity contribution in [1.29, 1.82) is 0 Å². The summed E-state index contributed by atoms with van der Waals surface area (Å²) >= 11 is 2.65. The van der Waals surface area contributed by atoms with E-state index in [4.69, 9.17) is 0 Å². The third-order valence-electron chi connectivity index (χ3n) is 4.09. The van der Waals surface area contributed by atoms with Gasteiger partial charge in [-0.15, -0.1) is 11.3 Å². The van der Waals surface area contributed by atoms with Crippen molar-refractivity contribution in [3.63, 3.8) is 0 Å². The molecule has 9 heteroatoms. The van der Waals surface area contributed by atoms with Gasteiger partial charge in [-0.1, -0.05) is 25.1 Å². The first kappa shape index (κ1) is 21.1. The lowest BCUT2D eigenvalue weighted by Crippen LogP contribution is -2.23. The summed E-state index contributed by atoms with van der Waals surface area (Å²) in [6.07, 6.45) is 1.84. The Kier molecular flexibility index (Phi) is 7.05. The average Bonchev–Trinajstić information content (AvgIpc) is 3.16. The van der Waals surface area contributed by atoms with Crippen LogP contribution in [0.1, 0.15) is 26.7 Å². The van der Waals surface area contributed by atoms with E-state index in [9.17, 15) is 14.4 Å². The number of hydrogen-bond acceptors (Lipinski definition) is 6. The first-order valence-electron chi connectivity index (χ1n) is 9.26. The smallest absolute Gasteiger partial charge is 0.272 e. The first-order chi connectivity index (χ1) is 14.0. The second-order valence-corrected chi connectivity index (χ2v) is 8.29. The topological polar surface area (TPSA) is 93.1 Å². The number of nitrogens with zero attached hydrogens (tertiary/aromatic N) is 2. The summed E-state index contributed by atoms with van der Waals surface area (Å²) in [5.74, 6) is -0.201. The van der Waals surface area contributed by atoms with E-state index in [1.165, 1.54) is 30.0 Å². The Labute approximate surface area is 176 Å². The van der Waals surface area contributed by atoms with E-state index in [0.29, 0.717) is 33.3 Å². The third-order valence-corrected chi connectivity index (χ3v) is 5.96. The molecule has 2 aromatic heterocycles. The van der Waals surface area contributed by atoms with Crippen molar-refractivity contribution >= 4 is 56.5 Å². The minimum atomic E-state index is -0.191. The monoisotopic (exact) mass is 430 g/mol. The molecule has 0 radical (unpaired) electrons. The van der Waals surface area contributed by atoms with Gasteiger partial charge < -0.3 is 10.6 Å². The fourth-order valence-electron chi connectivity index (χ4n) is 2.71. The summed E-state index contributed by atoms with van der Waals surface area (Å²) in [5, 5.41) is 7.91. The molecule has 0 aliphatic rings. The maximum Gasteiger partial charge on any atom is 0.272 e. The van der Waals surface area contributed by atoms with Crippen LogP contribution in [0.2, 0.25) is 0 Å². The summed E-state index contributed by atoms with van der Waals surface area (Å²) in [5.41, 5.74) is 1.92. The van der Waals surface area contributed by atoms with Crippen molar-refractivity contribution in [3.8, 4) is 0 Å². The van der Waals surface area contributed by atoms with Crippen molar-refractivity contribution in [2.24, 2.45) is 0 Å². The van der Waals surface area contributed by atoms with Crippen LogP contribution in [0.15, 0.2) is 45.7 Å². The van der Waals surface area contributed by atoms with Gasteiger partial charge in [0, 0.05) is 24.8 Å². The molecular formula is C20H22N4O3S2. The van der Waals surface area contributed by atoms with Crippen LogP contribution in [-0.4, -0.2) is 27.1 Å². The number of unbranched alkanes of at least 4 members (excludes halogenated alkanes) is 1. The number of carbonyl (C=O) groups is 2. The minimum Gasteiger partial charge on any atom is -0.326 e. The van der Waals surface area contributed by atoms with Crippen molar-refractivity contribution in [2.75, 3.05) is 16.4 Å². The molecule has 0 fully saturated rings. The number of nitrogens with one attached hydrogen (secondary N) is 2. The number of carbonyl (C=O) groups excluding carboxylic acids is 2. The molecule has 1 aromatic carbocycles. The molecule has 29 heavy (non-hydrogen) atoms. The molecule has 0 atom stereocenters. The van der Waals surface area contributed by atoms with Crippen molar-refractivity contribution in [2.45, 2.75) is 38.4 Å². The maximum absolute atomic E-state index is 12.7. The normalized spacial score (nSPS) is 10.8. The van der Waals surface area contributed by atoms with Gasteiger partial charge in [0.2, 0.25) is 11.8 Å². The lowest BCUT2D eigenvalue weighted by Gasteiger charge is -2.11. The van der Waals surface area contributed by atoms with Gasteiger partial charge in [0.05, 0.1) is 11.3 Å². The summed E-state index contributed by atoms with van der Waals surface area (Å²) in [7, 11) is 0. The SMILES string of the molecule is CCCCn1c(SCC(=O)Nc2ccc(NC(C)=O)cc2)nc2ccsc2c1=O. The Bertz CT molecular complexity index is 1070. The third kappa shape index (κ3) is 5.45. The fraction of sp³-hybridized carbons (Fsp3) is 0.300. The Hall–Kier alpha value is -2.65. The number of thiophene rings is 1. The van der Waals surface area contributed by atoms with Gasteiger partial charge in [-0.25, -0.2) is 4.98 Å². The lowest BCUT2D eigenvalue weighted by atomic mass is 10.3. The second-order valence-electron chi connectivity index (χ2n) is 6.44. The maximum atomic E-state index is 12.7. The summed E-state index contributed by atoms with van der Waals surface area (Å²) in [6.45, 7) is 4.10. The van der Waals surface area contributed by atoms with E-state index in [2.05, 4.69) is 22.5 Å². The Morgan fingerprint density at radius 2 is 1.83 bits per heavy atom. The molecule has 0 spiro atoms. The van der Waals surface area contributed by atoms with Crippen LogP contribution in [0.4, 0.5) is 11.4 Å². The minimum absolute atomic E-state index is 0.0464. The molecule has 2 heterocycles. The largest absolute Gasteiger partial charge is 0.326 e. The molecule has 3 aromatic rings. The fourth-order valence-corrected chi connectivity index (χ4v) is 4.32. The van der Waals surface area contributed by atoms with Crippen molar-refractivity contribution in [1.82, 2.24) is 9.55 Å². The average molecular weight is 431 g/mol. The quantitative estimate of drug-likeness (QED) is 0.417. The van der Waals surface area contributed by atoms with Gasteiger partial charge >= 0.3 is 0 Å². The molecule has 0 bridgehead atoms. The molecule has 0 aliphatic carbocycles. The van der Waals surface area contributed by atoms with E-state index >= 15 is 0 Å². The predicted molar refractivity (Wildman–Crippen MR) is 119 cm³/mol. The van der Waals surface area contributed by atoms with Crippen LogP contribution in [0.3, 0.4) is 0 Å². The molecule has 0 unspecified atom stereocenters. The molecule has 152 valence electrons. The Morgan fingerprint density at radius 1 is 1.14 bits per heavy atom. The van der Waals surface area contributed by atoms with E-state index in [1.54, 1.807) is 28.8 Å².